The van der Waals surface area contributed by atoms with Crippen molar-refractivity contribution in [2.45, 2.75) is 53.4 Å². The SMILES string of the molecule is COc1c(O)ccc([C]CCC(C)C)c1CCC(C)C. The van der Waals surface area contributed by atoms with Gasteiger partial charge in [0.1, 0.15) is 0 Å². The van der Waals surface area contributed by atoms with Crippen LogP contribution < -0.4 is 4.74 Å². The number of benzene rings is 1. The maximum atomic E-state index is 9.94. The zero-order valence-electron chi connectivity index (χ0n) is 13.5. The minimum absolute atomic E-state index is 0.223. The van der Waals surface area contributed by atoms with Crippen LogP contribution in [0.4, 0.5) is 0 Å². The van der Waals surface area contributed by atoms with E-state index in [1.54, 1.807) is 13.2 Å². The molecule has 0 saturated carbocycles. The van der Waals surface area contributed by atoms with Crippen molar-refractivity contribution in [3.63, 3.8) is 0 Å². The molecule has 0 spiro atoms. The van der Waals surface area contributed by atoms with Gasteiger partial charge in [-0.15, -0.1) is 0 Å². The predicted octanol–water partition coefficient (Wildman–Crippen LogP) is 4.85. The Labute approximate surface area is 124 Å². The Bertz CT molecular complexity index is 408. The number of phenols is 1. The molecule has 0 saturated heterocycles. The molecule has 2 nitrogen and oxygen atoms in total. The summed E-state index contributed by atoms with van der Waals surface area (Å²) in [5.41, 5.74) is 2.17. The molecular weight excluding hydrogens is 248 g/mol. The maximum Gasteiger partial charge on any atom is 0.163 e. The zero-order valence-corrected chi connectivity index (χ0v) is 13.5. The van der Waals surface area contributed by atoms with Gasteiger partial charge in [0.15, 0.2) is 11.5 Å². The van der Waals surface area contributed by atoms with E-state index in [1.165, 1.54) is 0 Å². The van der Waals surface area contributed by atoms with E-state index in [4.69, 9.17) is 4.74 Å². The Kier molecular flexibility index (Phi) is 6.90. The van der Waals surface area contributed by atoms with Crippen LogP contribution in [0.3, 0.4) is 0 Å². The van der Waals surface area contributed by atoms with E-state index in [-0.39, 0.29) is 5.75 Å². The van der Waals surface area contributed by atoms with E-state index in [9.17, 15) is 5.11 Å². The quantitative estimate of drug-likeness (QED) is 0.735. The van der Waals surface area contributed by atoms with Crippen LogP contribution in [0, 0.1) is 18.3 Å². The highest BCUT2D eigenvalue weighted by Gasteiger charge is 2.14. The summed E-state index contributed by atoms with van der Waals surface area (Å²) in [6.45, 7) is 8.86. The molecule has 0 amide bonds. The van der Waals surface area contributed by atoms with Crippen LogP contribution in [0.15, 0.2) is 12.1 Å². The largest absolute Gasteiger partial charge is 0.504 e. The first-order valence-electron chi connectivity index (χ1n) is 7.58. The second-order valence-corrected chi connectivity index (χ2v) is 6.19. The van der Waals surface area contributed by atoms with Crippen LogP contribution in [0.25, 0.3) is 0 Å². The van der Waals surface area contributed by atoms with E-state index >= 15 is 0 Å². The third kappa shape index (κ3) is 5.07. The summed E-state index contributed by atoms with van der Waals surface area (Å²) in [6, 6.07) is 3.66. The van der Waals surface area contributed by atoms with Crippen molar-refractivity contribution in [2.75, 3.05) is 7.11 Å². The number of rotatable bonds is 8. The average molecular weight is 276 g/mol. The van der Waals surface area contributed by atoms with Crippen molar-refractivity contribution in [3.8, 4) is 11.5 Å². The first-order chi connectivity index (χ1) is 9.45. The molecule has 1 N–H and O–H groups in total. The molecule has 112 valence electrons. The van der Waals surface area contributed by atoms with Crippen LogP contribution in [-0.2, 0) is 6.42 Å². The minimum Gasteiger partial charge on any atom is -0.504 e. The number of hydrogen-bond acceptors (Lipinski definition) is 2. The summed E-state index contributed by atoms with van der Waals surface area (Å²) in [5, 5.41) is 9.94. The fourth-order valence-corrected chi connectivity index (χ4v) is 2.19. The first kappa shape index (κ1) is 16.9. The maximum absolute atomic E-state index is 9.94. The molecule has 1 aromatic rings. The first-order valence-corrected chi connectivity index (χ1v) is 7.58. The Morgan fingerprint density at radius 2 is 1.75 bits per heavy atom. The zero-order chi connectivity index (χ0) is 15.1. The molecule has 0 bridgehead atoms. The third-order valence-corrected chi connectivity index (χ3v) is 3.45. The Morgan fingerprint density at radius 3 is 2.30 bits per heavy atom. The molecule has 0 aromatic heterocycles. The van der Waals surface area contributed by atoms with Crippen molar-refractivity contribution in [2.24, 2.45) is 11.8 Å². The number of ether oxygens (including phenoxy) is 1. The lowest BCUT2D eigenvalue weighted by atomic mass is 9.93. The van der Waals surface area contributed by atoms with Gasteiger partial charge >= 0.3 is 0 Å². The van der Waals surface area contributed by atoms with Gasteiger partial charge in [-0.2, -0.15) is 0 Å². The van der Waals surface area contributed by atoms with Crippen LogP contribution in [0.2, 0.25) is 0 Å². The van der Waals surface area contributed by atoms with Gasteiger partial charge in [-0.3, -0.25) is 0 Å². The van der Waals surface area contributed by atoms with Gasteiger partial charge in [0.25, 0.3) is 0 Å². The van der Waals surface area contributed by atoms with Crippen molar-refractivity contribution in [1.82, 2.24) is 0 Å². The predicted molar refractivity (Wildman–Crippen MR) is 84.2 cm³/mol. The second-order valence-electron chi connectivity index (χ2n) is 6.19. The highest BCUT2D eigenvalue weighted by atomic mass is 16.5. The smallest absolute Gasteiger partial charge is 0.163 e. The lowest BCUT2D eigenvalue weighted by Gasteiger charge is -2.16. The summed E-state index contributed by atoms with van der Waals surface area (Å²) in [7, 11) is 1.62. The molecule has 2 radical (unpaired) electrons. The lowest BCUT2D eigenvalue weighted by Crippen LogP contribution is -2.01. The molecule has 0 atom stereocenters. The average Bonchev–Trinajstić information content (AvgIpc) is 2.37. The van der Waals surface area contributed by atoms with Gasteiger partial charge in [-0.25, -0.2) is 0 Å². The number of hydrogen-bond donors (Lipinski definition) is 1. The van der Waals surface area contributed by atoms with Gasteiger partial charge < -0.3 is 9.84 Å². The van der Waals surface area contributed by atoms with Gasteiger partial charge in [0.2, 0.25) is 0 Å². The molecule has 0 unspecified atom stereocenters. The van der Waals surface area contributed by atoms with Crippen molar-refractivity contribution < 1.29 is 9.84 Å². The van der Waals surface area contributed by atoms with E-state index in [0.717, 1.165) is 36.8 Å². The number of phenolic OH excluding ortho intramolecular Hbond substituents is 1. The van der Waals surface area contributed by atoms with Gasteiger partial charge in [-0.1, -0.05) is 40.2 Å². The summed E-state index contributed by atoms with van der Waals surface area (Å²) in [6.07, 6.45) is 7.55. The number of aromatic hydroxyl groups is 1. The monoisotopic (exact) mass is 276 g/mol. The summed E-state index contributed by atoms with van der Waals surface area (Å²) < 4.78 is 5.39. The van der Waals surface area contributed by atoms with Crippen LogP contribution >= 0.6 is 0 Å². The molecule has 0 aliphatic heterocycles. The molecule has 2 heteroatoms. The van der Waals surface area contributed by atoms with Crippen molar-refractivity contribution in [1.29, 1.82) is 0 Å². The van der Waals surface area contributed by atoms with Crippen LogP contribution in [0.5, 0.6) is 11.5 Å². The van der Waals surface area contributed by atoms with Gasteiger partial charge in [0, 0.05) is 12.0 Å². The van der Waals surface area contributed by atoms with Gasteiger partial charge in [-0.05, 0) is 42.7 Å². The second kappa shape index (κ2) is 8.18. The van der Waals surface area contributed by atoms with Gasteiger partial charge in [0.05, 0.1) is 7.11 Å². The molecule has 1 aromatic carbocycles. The molecule has 0 heterocycles. The summed E-state index contributed by atoms with van der Waals surface area (Å²) in [4.78, 5) is 0. The van der Waals surface area contributed by atoms with Crippen LogP contribution in [-0.4, -0.2) is 12.2 Å². The molecular formula is C18H28O2. The van der Waals surface area contributed by atoms with E-state index in [1.807, 2.05) is 6.07 Å². The summed E-state index contributed by atoms with van der Waals surface area (Å²) in [5.74, 6) is 2.15. The minimum atomic E-state index is 0.223. The molecule has 20 heavy (non-hydrogen) atoms. The highest BCUT2D eigenvalue weighted by molar-refractivity contribution is 5.52. The molecule has 0 fully saturated rings. The molecule has 1 rings (SSSR count). The lowest BCUT2D eigenvalue weighted by molar-refractivity contribution is 0.367. The molecule has 0 aliphatic carbocycles. The standard InChI is InChI=1S/C18H28O2/c1-13(2)7-6-8-15-10-12-17(19)18(20-5)16(15)11-9-14(3)4/h10,12-14,19H,6-7,9,11H2,1-5H3. The number of methoxy groups -OCH3 is 1. The Balaban J connectivity index is 2.90. The topological polar surface area (TPSA) is 29.5 Å². The van der Waals surface area contributed by atoms with E-state index < -0.39 is 0 Å². The third-order valence-electron chi connectivity index (χ3n) is 3.45. The fraction of sp³-hybridized carbons (Fsp3) is 0.611. The Hall–Kier alpha value is -1.18. The Morgan fingerprint density at radius 1 is 1.10 bits per heavy atom. The summed E-state index contributed by atoms with van der Waals surface area (Å²) >= 11 is 0. The fourth-order valence-electron chi connectivity index (χ4n) is 2.19. The van der Waals surface area contributed by atoms with Crippen LogP contribution in [0.1, 0.15) is 58.1 Å². The van der Waals surface area contributed by atoms with E-state index in [2.05, 4.69) is 34.1 Å². The molecule has 0 aliphatic rings. The highest BCUT2D eigenvalue weighted by Crippen LogP contribution is 2.35. The van der Waals surface area contributed by atoms with Crippen molar-refractivity contribution >= 4 is 0 Å². The van der Waals surface area contributed by atoms with E-state index in [0.29, 0.717) is 17.6 Å². The van der Waals surface area contributed by atoms with Crippen molar-refractivity contribution in [3.05, 3.63) is 29.7 Å². The normalized spacial score (nSPS) is 11.3.